The van der Waals surface area contributed by atoms with Gasteiger partial charge in [-0.3, -0.25) is 9.48 Å². The average molecular weight is 341 g/mol. The van der Waals surface area contributed by atoms with Gasteiger partial charge in [-0.15, -0.1) is 0 Å². The molecule has 1 fully saturated rings. The number of nitrogens with one attached hydrogen (secondary N) is 2. The van der Waals surface area contributed by atoms with Gasteiger partial charge >= 0.3 is 6.03 Å². The number of likely N-dealkylation sites (tertiary alicyclic amines) is 1. The van der Waals surface area contributed by atoms with Gasteiger partial charge in [-0.2, -0.15) is 5.10 Å². The van der Waals surface area contributed by atoms with E-state index in [0.29, 0.717) is 24.3 Å². The number of anilines is 2. The third-order valence-electron chi connectivity index (χ3n) is 4.17. The molecular weight excluding hydrogens is 318 g/mol. The van der Waals surface area contributed by atoms with Crippen molar-refractivity contribution in [1.82, 2.24) is 14.7 Å². The van der Waals surface area contributed by atoms with E-state index < -0.39 is 0 Å². The number of aryl methyl sites for hydroxylation is 2. The lowest BCUT2D eigenvalue weighted by Gasteiger charge is -2.18. The number of aromatic nitrogens is 2. The second kappa shape index (κ2) is 7.83. The maximum Gasteiger partial charge on any atom is 0.321 e. The van der Waals surface area contributed by atoms with E-state index in [2.05, 4.69) is 15.7 Å². The number of urea groups is 1. The normalized spacial score (nSPS) is 13.7. The Bertz CT molecular complexity index is 749. The van der Waals surface area contributed by atoms with E-state index in [1.54, 1.807) is 27.9 Å². The summed E-state index contributed by atoms with van der Waals surface area (Å²) in [6, 6.07) is 7.13. The molecule has 1 aromatic heterocycles. The molecule has 0 atom stereocenters. The van der Waals surface area contributed by atoms with Gasteiger partial charge in [0.2, 0.25) is 5.91 Å². The van der Waals surface area contributed by atoms with Crippen molar-refractivity contribution in [1.29, 1.82) is 0 Å². The summed E-state index contributed by atoms with van der Waals surface area (Å²) in [5, 5.41) is 9.93. The predicted molar refractivity (Wildman–Crippen MR) is 96.5 cm³/mol. The predicted octanol–water partition coefficient (Wildman–Crippen LogP) is 2.85. The molecule has 1 saturated heterocycles. The summed E-state index contributed by atoms with van der Waals surface area (Å²) < 4.78 is 1.75. The van der Waals surface area contributed by atoms with Gasteiger partial charge in [0.25, 0.3) is 0 Å². The standard InChI is InChI=1S/C18H23N5O2/c1-14-12-19-23(13-14)11-8-17(24)20-15-6-2-3-7-16(15)21-18(25)22-9-4-5-10-22/h2-3,6-7,12-13H,4-5,8-11H2,1H3,(H,20,24)(H,21,25). The highest BCUT2D eigenvalue weighted by Gasteiger charge is 2.19. The lowest BCUT2D eigenvalue weighted by atomic mass is 10.2. The Morgan fingerprint density at radius 3 is 2.44 bits per heavy atom. The minimum absolute atomic E-state index is 0.115. The summed E-state index contributed by atoms with van der Waals surface area (Å²) in [7, 11) is 0. The smallest absolute Gasteiger partial charge is 0.321 e. The SMILES string of the molecule is Cc1cnn(CCC(=O)Nc2ccccc2NC(=O)N2CCCC2)c1. The minimum atomic E-state index is -0.119. The van der Waals surface area contributed by atoms with Gasteiger partial charge in [-0.05, 0) is 37.5 Å². The van der Waals surface area contributed by atoms with Crippen LogP contribution in [0.25, 0.3) is 0 Å². The molecule has 0 spiro atoms. The largest absolute Gasteiger partial charge is 0.325 e. The Morgan fingerprint density at radius 1 is 1.12 bits per heavy atom. The van der Waals surface area contributed by atoms with Crippen LogP contribution in [-0.4, -0.2) is 39.7 Å². The third kappa shape index (κ3) is 4.59. The maximum absolute atomic E-state index is 12.3. The van der Waals surface area contributed by atoms with Crippen molar-refractivity contribution >= 4 is 23.3 Å². The highest BCUT2D eigenvalue weighted by molar-refractivity contribution is 5.99. The van der Waals surface area contributed by atoms with Crippen LogP contribution in [0.4, 0.5) is 16.2 Å². The highest BCUT2D eigenvalue weighted by Crippen LogP contribution is 2.22. The molecule has 1 aliphatic rings. The van der Waals surface area contributed by atoms with Crippen LogP contribution in [0, 0.1) is 6.92 Å². The van der Waals surface area contributed by atoms with Gasteiger partial charge in [0.1, 0.15) is 0 Å². The van der Waals surface area contributed by atoms with Crippen LogP contribution in [0.1, 0.15) is 24.8 Å². The molecule has 3 rings (SSSR count). The van der Waals surface area contributed by atoms with Gasteiger partial charge in [0.05, 0.1) is 17.6 Å². The Balaban J connectivity index is 1.58. The fourth-order valence-corrected chi connectivity index (χ4v) is 2.83. The zero-order valence-corrected chi connectivity index (χ0v) is 14.4. The van der Waals surface area contributed by atoms with E-state index in [4.69, 9.17) is 0 Å². The fraction of sp³-hybridized carbons (Fsp3) is 0.389. The van der Waals surface area contributed by atoms with Crippen molar-refractivity contribution < 1.29 is 9.59 Å². The molecule has 2 N–H and O–H groups in total. The first kappa shape index (κ1) is 17.0. The minimum Gasteiger partial charge on any atom is -0.325 e. The number of benzene rings is 1. The Hall–Kier alpha value is -2.83. The van der Waals surface area contributed by atoms with E-state index in [0.717, 1.165) is 31.5 Å². The monoisotopic (exact) mass is 341 g/mol. The van der Waals surface area contributed by atoms with Crippen LogP contribution in [-0.2, 0) is 11.3 Å². The molecule has 1 aromatic carbocycles. The second-order valence-corrected chi connectivity index (χ2v) is 6.25. The fourth-order valence-electron chi connectivity index (χ4n) is 2.83. The average Bonchev–Trinajstić information content (AvgIpc) is 3.26. The van der Waals surface area contributed by atoms with Gasteiger partial charge in [0.15, 0.2) is 0 Å². The topological polar surface area (TPSA) is 79.3 Å². The van der Waals surface area contributed by atoms with E-state index >= 15 is 0 Å². The first-order valence-electron chi connectivity index (χ1n) is 8.56. The van der Waals surface area contributed by atoms with E-state index in [9.17, 15) is 9.59 Å². The van der Waals surface area contributed by atoms with E-state index in [1.807, 2.05) is 25.3 Å². The van der Waals surface area contributed by atoms with Crippen molar-refractivity contribution in [2.75, 3.05) is 23.7 Å². The molecular formula is C18H23N5O2. The molecule has 0 bridgehead atoms. The summed E-state index contributed by atoms with van der Waals surface area (Å²) >= 11 is 0. The van der Waals surface area contributed by atoms with Crippen molar-refractivity contribution in [2.24, 2.45) is 0 Å². The lowest BCUT2D eigenvalue weighted by Crippen LogP contribution is -2.32. The summed E-state index contributed by atoms with van der Waals surface area (Å²) in [5.74, 6) is -0.115. The first-order chi connectivity index (χ1) is 12.1. The quantitative estimate of drug-likeness (QED) is 0.878. The molecule has 132 valence electrons. The molecule has 0 aliphatic carbocycles. The van der Waals surface area contributed by atoms with Crippen molar-refractivity contribution in [3.8, 4) is 0 Å². The maximum atomic E-state index is 12.3. The first-order valence-corrected chi connectivity index (χ1v) is 8.56. The molecule has 0 saturated carbocycles. The Morgan fingerprint density at radius 2 is 1.80 bits per heavy atom. The molecule has 2 aromatic rings. The number of carbonyl (C=O) groups is 2. The van der Waals surface area contributed by atoms with Crippen molar-refractivity contribution in [3.05, 3.63) is 42.2 Å². The van der Waals surface area contributed by atoms with Gasteiger partial charge in [-0.1, -0.05) is 12.1 Å². The van der Waals surface area contributed by atoms with Gasteiger partial charge in [-0.25, -0.2) is 4.79 Å². The molecule has 3 amide bonds. The number of nitrogens with zero attached hydrogens (tertiary/aromatic N) is 3. The molecule has 0 unspecified atom stereocenters. The number of hydrogen-bond acceptors (Lipinski definition) is 3. The molecule has 7 heteroatoms. The zero-order valence-electron chi connectivity index (χ0n) is 14.4. The van der Waals surface area contributed by atoms with Crippen LogP contribution < -0.4 is 10.6 Å². The zero-order chi connectivity index (χ0) is 17.6. The Labute approximate surface area is 147 Å². The summed E-state index contributed by atoms with van der Waals surface area (Å²) in [5.41, 5.74) is 2.29. The highest BCUT2D eigenvalue weighted by atomic mass is 16.2. The van der Waals surface area contributed by atoms with Crippen LogP contribution >= 0.6 is 0 Å². The van der Waals surface area contributed by atoms with Crippen LogP contribution in [0.15, 0.2) is 36.7 Å². The number of hydrogen-bond donors (Lipinski definition) is 2. The van der Waals surface area contributed by atoms with Crippen LogP contribution in [0.3, 0.4) is 0 Å². The van der Waals surface area contributed by atoms with Crippen LogP contribution in [0.2, 0.25) is 0 Å². The second-order valence-electron chi connectivity index (χ2n) is 6.25. The summed E-state index contributed by atoms with van der Waals surface area (Å²) in [6.07, 6.45) is 6.06. The molecule has 2 heterocycles. The van der Waals surface area contributed by atoms with Crippen LogP contribution in [0.5, 0.6) is 0 Å². The summed E-state index contributed by atoms with van der Waals surface area (Å²) in [4.78, 5) is 26.3. The number of para-hydroxylation sites is 2. The van der Waals surface area contributed by atoms with Crippen molar-refractivity contribution in [3.63, 3.8) is 0 Å². The van der Waals surface area contributed by atoms with Gasteiger partial charge < -0.3 is 15.5 Å². The molecule has 7 nitrogen and oxygen atoms in total. The Kier molecular flexibility index (Phi) is 5.33. The lowest BCUT2D eigenvalue weighted by molar-refractivity contribution is -0.116. The van der Waals surface area contributed by atoms with E-state index in [1.165, 1.54) is 0 Å². The third-order valence-corrected chi connectivity index (χ3v) is 4.17. The molecule has 25 heavy (non-hydrogen) atoms. The van der Waals surface area contributed by atoms with Crippen molar-refractivity contribution in [2.45, 2.75) is 32.7 Å². The van der Waals surface area contributed by atoms with E-state index in [-0.39, 0.29) is 11.9 Å². The molecule has 0 radical (unpaired) electrons. The summed E-state index contributed by atoms with van der Waals surface area (Å²) in [6.45, 7) is 4.04. The molecule has 1 aliphatic heterocycles. The van der Waals surface area contributed by atoms with Gasteiger partial charge in [0, 0.05) is 32.3 Å². The number of carbonyl (C=O) groups excluding carboxylic acids is 2. The number of amides is 3. The number of rotatable bonds is 5.